The number of carbonyl (C=O) groups excluding carboxylic acids is 2. The molecule has 0 bridgehead atoms. The second-order valence-electron chi connectivity index (χ2n) is 6.54. The lowest BCUT2D eigenvalue weighted by Crippen LogP contribution is -2.51. The van der Waals surface area contributed by atoms with Gasteiger partial charge in [0.1, 0.15) is 11.8 Å². The molecule has 2 unspecified atom stereocenters. The molecule has 2 amide bonds. The van der Waals surface area contributed by atoms with Gasteiger partial charge >= 0.3 is 0 Å². The summed E-state index contributed by atoms with van der Waals surface area (Å²) in [6.07, 6.45) is 4.83. The van der Waals surface area contributed by atoms with E-state index >= 15 is 0 Å². The van der Waals surface area contributed by atoms with E-state index in [1.165, 1.54) is 7.11 Å². The fourth-order valence-corrected chi connectivity index (χ4v) is 3.64. The van der Waals surface area contributed by atoms with Crippen molar-refractivity contribution in [2.24, 2.45) is 5.92 Å². The maximum absolute atomic E-state index is 12.9. The summed E-state index contributed by atoms with van der Waals surface area (Å²) in [5.41, 5.74) is 0.457. The topological polar surface area (TPSA) is 58.6 Å². The summed E-state index contributed by atoms with van der Waals surface area (Å²) in [7, 11) is 1.54. The average molecular weight is 365 g/mol. The minimum atomic E-state index is -0.491. The largest absolute Gasteiger partial charge is 0.496 e. The van der Waals surface area contributed by atoms with E-state index in [1.807, 2.05) is 17.2 Å². The lowest BCUT2D eigenvalue weighted by molar-refractivity contribution is -0.135. The molecule has 6 heteroatoms. The Labute approximate surface area is 154 Å². The number of likely N-dealkylation sites (tertiary alicyclic amines) is 1. The monoisotopic (exact) mass is 364 g/mol. The standard InChI is InChI=1S/C19H28N2O3S/c1-14-7-6-11-21(13-14)19(23)16(10-12-25-3)20-18(22)15-8-4-5-9-17(15)24-2/h4-5,8-9,14,16H,6-7,10-13H2,1-3H3,(H,20,22). The Balaban J connectivity index is 2.11. The number of benzene rings is 1. The van der Waals surface area contributed by atoms with Gasteiger partial charge in [0.05, 0.1) is 12.7 Å². The predicted molar refractivity (Wildman–Crippen MR) is 102 cm³/mol. The second kappa shape index (κ2) is 9.70. The smallest absolute Gasteiger partial charge is 0.255 e. The zero-order valence-corrected chi connectivity index (χ0v) is 16.1. The molecule has 0 aromatic heterocycles. The molecule has 1 N–H and O–H groups in total. The second-order valence-corrected chi connectivity index (χ2v) is 7.53. The Morgan fingerprint density at radius 1 is 1.40 bits per heavy atom. The van der Waals surface area contributed by atoms with E-state index in [-0.39, 0.29) is 11.8 Å². The first-order chi connectivity index (χ1) is 12.1. The summed E-state index contributed by atoms with van der Waals surface area (Å²) >= 11 is 1.68. The van der Waals surface area contributed by atoms with Crippen molar-refractivity contribution in [1.29, 1.82) is 0 Å². The minimum Gasteiger partial charge on any atom is -0.496 e. The minimum absolute atomic E-state index is 0.0313. The molecule has 1 aromatic carbocycles. The van der Waals surface area contributed by atoms with E-state index < -0.39 is 6.04 Å². The summed E-state index contributed by atoms with van der Waals surface area (Å²) in [6.45, 7) is 3.73. The van der Waals surface area contributed by atoms with Gasteiger partial charge in [0.25, 0.3) is 5.91 Å². The molecule has 1 aliphatic rings. The third kappa shape index (κ3) is 5.39. The lowest BCUT2D eigenvalue weighted by atomic mass is 9.99. The quantitative estimate of drug-likeness (QED) is 0.808. The fourth-order valence-electron chi connectivity index (χ4n) is 3.17. The summed E-state index contributed by atoms with van der Waals surface area (Å²) < 4.78 is 5.26. The van der Waals surface area contributed by atoms with Crippen molar-refractivity contribution in [2.75, 3.05) is 32.2 Å². The van der Waals surface area contributed by atoms with Crippen molar-refractivity contribution < 1.29 is 14.3 Å². The Hall–Kier alpha value is -1.69. The van der Waals surface area contributed by atoms with Crippen molar-refractivity contribution in [2.45, 2.75) is 32.2 Å². The van der Waals surface area contributed by atoms with E-state index in [1.54, 1.807) is 30.0 Å². The van der Waals surface area contributed by atoms with E-state index in [9.17, 15) is 9.59 Å². The molecule has 0 radical (unpaired) electrons. The van der Waals surface area contributed by atoms with E-state index in [4.69, 9.17) is 4.74 Å². The first-order valence-corrected chi connectivity index (χ1v) is 10.2. The first kappa shape index (κ1) is 19.6. The highest BCUT2D eigenvalue weighted by Crippen LogP contribution is 2.19. The Morgan fingerprint density at radius 3 is 2.84 bits per heavy atom. The summed E-state index contributed by atoms with van der Waals surface area (Å²) in [5, 5.41) is 2.93. The van der Waals surface area contributed by atoms with Crippen LogP contribution in [0.25, 0.3) is 0 Å². The van der Waals surface area contributed by atoms with Crippen LogP contribution >= 0.6 is 11.8 Å². The molecule has 5 nitrogen and oxygen atoms in total. The van der Waals surface area contributed by atoms with Crippen LogP contribution in [0.1, 0.15) is 36.5 Å². The highest BCUT2D eigenvalue weighted by atomic mass is 32.2. The van der Waals surface area contributed by atoms with Crippen LogP contribution in [-0.4, -0.2) is 55.0 Å². The molecule has 0 aliphatic carbocycles. The number of nitrogens with zero attached hydrogens (tertiary/aromatic N) is 1. The predicted octanol–water partition coefficient (Wildman–Crippen LogP) is 2.81. The van der Waals surface area contributed by atoms with Gasteiger partial charge in [-0.05, 0) is 49.3 Å². The number of carbonyl (C=O) groups is 2. The number of methoxy groups -OCH3 is 1. The van der Waals surface area contributed by atoms with E-state index in [2.05, 4.69) is 12.2 Å². The number of piperidine rings is 1. The molecule has 0 spiro atoms. The van der Waals surface area contributed by atoms with Crippen LogP contribution in [0.5, 0.6) is 5.75 Å². The fraction of sp³-hybridized carbons (Fsp3) is 0.579. The molecular weight excluding hydrogens is 336 g/mol. The van der Waals surface area contributed by atoms with Crippen LogP contribution in [0.3, 0.4) is 0 Å². The zero-order chi connectivity index (χ0) is 18.2. The molecule has 25 heavy (non-hydrogen) atoms. The number of hydrogen-bond donors (Lipinski definition) is 1. The van der Waals surface area contributed by atoms with Gasteiger partial charge in [-0.3, -0.25) is 9.59 Å². The summed E-state index contributed by atoms with van der Waals surface area (Å²) in [4.78, 5) is 27.5. The first-order valence-electron chi connectivity index (χ1n) is 8.78. The molecule has 1 heterocycles. The molecule has 0 saturated carbocycles. The van der Waals surface area contributed by atoms with Gasteiger partial charge in [0.15, 0.2) is 0 Å². The third-order valence-corrected chi connectivity index (χ3v) is 5.18. The van der Waals surface area contributed by atoms with Crippen molar-refractivity contribution in [3.05, 3.63) is 29.8 Å². The van der Waals surface area contributed by atoms with Gasteiger partial charge in [0.2, 0.25) is 5.91 Å². The molecule has 2 atom stereocenters. The van der Waals surface area contributed by atoms with Gasteiger partial charge in [-0.25, -0.2) is 0 Å². The van der Waals surface area contributed by atoms with Crippen LogP contribution in [0.2, 0.25) is 0 Å². The lowest BCUT2D eigenvalue weighted by Gasteiger charge is -2.34. The summed E-state index contributed by atoms with van der Waals surface area (Å²) in [6, 6.07) is 6.59. The molecule has 2 rings (SSSR count). The summed E-state index contributed by atoms with van der Waals surface area (Å²) in [5.74, 6) is 1.63. The van der Waals surface area contributed by atoms with Gasteiger partial charge in [-0.1, -0.05) is 19.1 Å². The van der Waals surface area contributed by atoms with Crippen LogP contribution in [0.4, 0.5) is 0 Å². The number of para-hydroxylation sites is 1. The highest BCUT2D eigenvalue weighted by molar-refractivity contribution is 7.98. The van der Waals surface area contributed by atoms with Crippen LogP contribution in [0, 0.1) is 5.92 Å². The van der Waals surface area contributed by atoms with Crippen molar-refractivity contribution in [1.82, 2.24) is 10.2 Å². The van der Waals surface area contributed by atoms with Gasteiger partial charge in [-0.15, -0.1) is 0 Å². The maximum Gasteiger partial charge on any atom is 0.255 e. The van der Waals surface area contributed by atoms with Gasteiger partial charge in [0, 0.05) is 13.1 Å². The molecule has 1 aliphatic heterocycles. The Kier molecular flexibility index (Phi) is 7.62. The molecular formula is C19H28N2O3S. The molecule has 138 valence electrons. The van der Waals surface area contributed by atoms with Gasteiger partial charge in [-0.2, -0.15) is 11.8 Å². The molecule has 1 saturated heterocycles. The number of rotatable bonds is 7. The number of ether oxygens (including phenoxy) is 1. The SMILES string of the molecule is COc1ccccc1C(=O)NC(CCSC)C(=O)N1CCCC(C)C1. The van der Waals surface area contributed by atoms with E-state index in [0.717, 1.165) is 31.7 Å². The van der Waals surface area contributed by atoms with E-state index in [0.29, 0.717) is 23.7 Å². The maximum atomic E-state index is 12.9. The number of amides is 2. The number of hydrogen-bond acceptors (Lipinski definition) is 4. The van der Waals surface area contributed by atoms with Crippen LogP contribution in [0.15, 0.2) is 24.3 Å². The van der Waals surface area contributed by atoms with Gasteiger partial charge < -0.3 is 15.0 Å². The third-order valence-electron chi connectivity index (χ3n) is 4.53. The molecule has 1 aromatic rings. The van der Waals surface area contributed by atoms with Crippen LogP contribution in [-0.2, 0) is 4.79 Å². The normalized spacial score (nSPS) is 18.5. The van der Waals surface area contributed by atoms with Crippen molar-refractivity contribution in [3.8, 4) is 5.75 Å². The highest BCUT2D eigenvalue weighted by Gasteiger charge is 2.29. The van der Waals surface area contributed by atoms with Crippen LogP contribution < -0.4 is 10.1 Å². The Bertz CT molecular complexity index is 594. The zero-order valence-electron chi connectivity index (χ0n) is 15.3. The Morgan fingerprint density at radius 2 is 2.16 bits per heavy atom. The van der Waals surface area contributed by atoms with Crippen molar-refractivity contribution in [3.63, 3.8) is 0 Å². The molecule has 1 fully saturated rings. The number of nitrogens with one attached hydrogen (secondary N) is 1. The number of thioether (sulfide) groups is 1. The average Bonchev–Trinajstić information content (AvgIpc) is 2.64. The van der Waals surface area contributed by atoms with Crippen molar-refractivity contribution >= 4 is 23.6 Å².